The monoisotopic (exact) mass is 273 g/mol. The Balaban J connectivity index is 2.14. The summed E-state index contributed by atoms with van der Waals surface area (Å²) in [6.07, 6.45) is 3.23. The zero-order valence-corrected chi connectivity index (χ0v) is 13.7. The molecule has 1 heterocycles. The number of rotatable bonds is 3. The SMILES string of the molecule is CC(C)C1=C(C(C)C)C23CC2CN(C(C)C)C3=CC1=O. The van der Waals surface area contributed by atoms with Crippen LogP contribution < -0.4 is 0 Å². The zero-order valence-electron chi connectivity index (χ0n) is 13.7. The molecule has 1 saturated heterocycles. The molecule has 2 aliphatic carbocycles. The van der Waals surface area contributed by atoms with Crippen molar-refractivity contribution in [2.75, 3.05) is 6.54 Å². The van der Waals surface area contributed by atoms with Gasteiger partial charge in [-0.1, -0.05) is 27.7 Å². The smallest absolute Gasteiger partial charge is 0.183 e. The average Bonchev–Trinajstić information content (AvgIpc) is 2.94. The van der Waals surface area contributed by atoms with Crippen molar-refractivity contribution in [1.29, 1.82) is 0 Å². The number of likely N-dealkylation sites (tertiary alicyclic amines) is 1. The predicted molar refractivity (Wildman–Crippen MR) is 82.2 cm³/mol. The summed E-state index contributed by atoms with van der Waals surface area (Å²) in [6, 6.07) is 0.493. The molecule has 2 nitrogen and oxygen atoms in total. The topological polar surface area (TPSA) is 20.3 Å². The molecule has 2 unspecified atom stereocenters. The maximum absolute atomic E-state index is 12.7. The average molecular weight is 273 g/mol. The molecule has 3 aliphatic rings. The number of hydrogen-bond acceptors (Lipinski definition) is 2. The molecule has 2 heteroatoms. The van der Waals surface area contributed by atoms with Crippen LogP contribution in [0.4, 0.5) is 0 Å². The molecule has 0 aromatic rings. The third kappa shape index (κ3) is 1.60. The van der Waals surface area contributed by atoms with Crippen LogP contribution in [-0.4, -0.2) is 23.3 Å². The highest BCUT2D eigenvalue weighted by Crippen LogP contribution is 2.71. The van der Waals surface area contributed by atoms with Crippen molar-refractivity contribution in [1.82, 2.24) is 4.90 Å². The molecular weight excluding hydrogens is 246 g/mol. The summed E-state index contributed by atoms with van der Waals surface area (Å²) in [6.45, 7) is 14.5. The van der Waals surface area contributed by atoms with Crippen molar-refractivity contribution >= 4 is 5.78 Å². The summed E-state index contributed by atoms with van der Waals surface area (Å²) in [5.74, 6) is 1.82. The van der Waals surface area contributed by atoms with Gasteiger partial charge in [0.25, 0.3) is 0 Å². The highest BCUT2D eigenvalue weighted by Gasteiger charge is 2.67. The van der Waals surface area contributed by atoms with Gasteiger partial charge >= 0.3 is 0 Å². The zero-order chi connectivity index (χ0) is 14.8. The van der Waals surface area contributed by atoms with E-state index in [2.05, 4.69) is 46.4 Å². The normalized spacial score (nSPS) is 32.2. The van der Waals surface area contributed by atoms with Crippen molar-refractivity contribution < 1.29 is 4.79 Å². The predicted octanol–water partition coefficient (Wildman–Crippen LogP) is 3.79. The summed E-state index contributed by atoms with van der Waals surface area (Å²) in [7, 11) is 0. The molecule has 110 valence electrons. The van der Waals surface area contributed by atoms with Gasteiger partial charge in [0, 0.05) is 35.3 Å². The second-order valence-electron chi connectivity index (χ2n) is 7.65. The van der Waals surface area contributed by atoms with Gasteiger partial charge in [-0.05, 0) is 43.6 Å². The summed E-state index contributed by atoms with van der Waals surface area (Å²) in [4.78, 5) is 15.1. The van der Waals surface area contributed by atoms with Crippen LogP contribution in [0.2, 0.25) is 0 Å². The molecule has 0 N–H and O–H groups in total. The molecule has 1 saturated carbocycles. The van der Waals surface area contributed by atoms with Crippen LogP contribution in [0.1, 0.15) is 48.0 Å². The number of hydrogen-bond donors (Lipinski definition) is 0. The fraction of sp³-hybridized carbons (Fsp3) is 0.722. The summed E-state index contributed by atoms with van der Waals surface area (Å²) in [5, 5.41) is 0. The Kier molecular flexibility index (Phi) is 2.94. The van der Waals surface area contributed by atoms with Crippen LogP contribution in [-0.2, 0) is 4.79 Å². The Morgan fingerprint density at radius 1 is 1.15 bits per heavy atom. The lowest BCUT2D eigenvalue weighted by Crippen LogP contribution is -2.34. The summed E-state index contributed by atoms with van der Waals surface area (Å²) in [5.41, 5.74) is 4.13. The molecule has 2 atom stereocenters. The number of carbonyl (C=O) groups is 1. The third-order valence-electron chi connectivity index (χ3n) is 5.37. The van der Waals surface area contributed by atoms with Crippen LogP contribution in [0.5, 0.6) is 0 Å². The molecule has 0 radical (unpaired) electrons. The molecule has 0 aromatic heterocycles. The Labute approximate surface area is 122 Å². The lowest BCUT2D eigenvalue weighted by molar-refractivity contribution is -0.112. The third-order valence-corrected chi connectivity index (χ3v) is 5.37. The van der Waals surface area contributed by atoms with Crippen LogP contribution in [0.15, 0.2) is 22.9 Å². The van der Waals surface area contributed by atoms with Crippen LogP contribution in [0.25, 0.3) is 0 Å². The Hall–Kier alpha value is -1.05. The van der Waals surface area contributed by atoms with E-state index >= 15 is 0 Å². The molecule has 0 amide bonds. The fourth-order valence-corrected chi connectivity index (χ4v) is 4.62. The van der Waals surface area contributed by atoms with Gasteiger partial charge in [-0.2, -0.15) is 0 Å². The molecular formula is C18H27NO. The Morgan fingerprint density at radius 2 is 1.80 bits per heavy atom. The molecule has 3 rings (SSSR count). The van der Waals surface area contributed by atoms with Crippen LogP contribution >= 0.6 is 0 Å². The molecule has 0 bridgehead atoms. The highest BCUT2D eigenvalue weighted by atomic mass is 16.1. The number of carbonyl (C=O) groups excluding carboxylic acids is 1. The number of nitrogens with zero attached hydrogens (tertiary/aromatic N) is 1. The second kappa shape index (κ2) is 4.22. The van der Waals surface area contributed by atoms with Gasteiger partial charge in [-0.15, -0.1) is 0 Å². The second-order valence-corrected chi connectivity index (χ2v) is 7.65. The van der Waals surface area contributed by atoms with Gasteiger partial charge in [0.1, 0.15) is 0 Å². The molecule has 1 spiro atoms. The van der Waals surface area contributed by atoms with Crippen LogP contribution in [0, 0.1) is 23.2 Å². The van der Waals surface area contributed by atoms with Crippen molar-refractivity contribution in [2.45, 2.75) is 54.0 Å². The maximum Gasteiger partial charge on any atom is 0.183 e. The van der Waals surface area contributed by atoms with E-state index in [1.807, 2.05) is 6.08 Å². The van der Waals surface area contributed by atoms with E-state index in [1.54, 1.807) is 0 Å². The largest absolute Gasteiger partial charge is 0.371 e. The first-order valence-corrected chi connectivity index (χ1v) is 8.08. The lowest BCUT2D eigenvalue weighted by atomic mass is 9.73. The summed E-state index contributed by atoms with van der Waals surface area (Å²) < 4.78 is 0. The minimum absolute atomic E-state index is 0.228. The molecule has 1 aliphatic heterocycles. The first-order chi connectivity index (χ1) is 9.30. The quantitative estimate of drug-likeness (QED) is 0.779. The van der Waals surface area contributed by atoms with Gasteiger partial charge < -0.3 is 4.90 Å². The minimum atomic E-state index is 0.228. The fourth-order valence-electron chi connectivity index (χ4n) is 4.62. The Bertz CT molecular complexity index is 524. The van der Waals surface area contributed by atoms with Crippen molar-refractivity contribution in [3.05, 3.63) is 22.9 Å². The van der Waals surface area contributed by atoms with E-state index < -0.39 is 0 Å². The van der Waals surface area contributed by atoms with E-state index in [0.29, 0.717) is 17.9 Å². The standard InChI is InChI=1S/C18H27NO/c1-10(2)16-14(20)7-15-18(17(16)11(3)4)8-13(18)9-19(15)12(5)6/h7,10-13H,8-9H2,1-6H3. The minimum Gasteiger partial charge on any atom is -0.371 e. The number of allylic oxidation sites excluding steroid dienone is 3. The van der Waals surface area contributed by atoms with E-state index in [0.717, 1.165) is 18.0 Å². The first kappa shape index (κ1) is 13.9. The number of piperidine rings is 1. The van der Waals surface area contributed by atoms with Crippen LogP contribution in [0.3, 0.4) is 0 Å². The maximum atomic E-state index is 12.7. The van der Waals surface area contributed by atoms with Gasteiger partial charge in [0.2, 0.25) is 0 Å². The van der Waals surface area contributed by atoms with Gasteiger partial charge in [-0.25, -0.2) is 0 Å². The van der Waals surface area contributed by atoms with E-state index in [9.17, 15) is 4.79 Å². The van der Waals surface area contributed by atoms with Crippen molar-refractivity contribution in [2.24, 2.45) is 23.2 Å². The van der Waals surface area contributed by atoms with E-state index in [1.165, 1.54) is 17.7 Å². The van der Waals surface area contributed by atoms with Crippen molar-refractivity contribution in [3.63, 3.8) is 0 Å². The number of ketones is 1. The molecule has 2 fully saturated rings. The van der Waals surface area contributed by atoms with E-state index in [4.69, 9.17) is 0 Å². The van der Waals surface area contributed by atoms with Gasteiger partial charge in [-0.3, -0.25) is 4.79 Å². The van der Waals surface area contributed by atoms with Gasteiger partial charge in [0.15, 0.2) is 5.78 Å². The molecule has 0 aromatic carbocycles. The Morgan fingerprint density at radius 3 is 2.30 bits per heavy atom. The first-order valence-electron chi connectivity index (χ1n) is 8.08. The van der Waals surface area contributed by atoms with Gasteiger partial charge in [0.05, 0.1) is 0 Å². The lowest BCUT2D eigenvalue weighted by Gasteiger charge is -2.36. The summed E-state index contributed by atoms with van der Waals surface area (Å²) >= 11 is 0. The molecule has 20 heavy (non-hydrogen) atoms. The van der Waals surface area contributed by atoms with Crippen molar-refractivity contribution in [3.8, 4) is 0 Å². The highest BCUT2D eigenvalue weighted by molar-refractivity contribution is 6.07. The van der Waals surface area contributed by atoms with E-state index in [-0.39, 0.29) is 11.2 Å².